The predicted octanol–water partition coefficient (Wildman–Crippen LogP) is 2.40. The van der Waals surface area contributed by atoms with Crippen LogP contribution >= 0.6 is 0 Å². The van der Waals surface area contributed by atoms with E-state index in [1.807, 2.05) is 49.1 Å². The van der Waals surface area contributed by atoms with E-state index in [1.165, 1.54) is 5.56 Å². The maximum atomic E-state index is 12.7. The third kappa shape index (κ3) is 4.45. The van der Waals surface area contributed by atoms with Crippen molar-refractivity contribution in [2.75, 3.05) is 20.6 Å². The summed E-state index contributed by atoms with van der Waals surface area (Å²) in [5.41, 5.74) is 3.18. The fourth-order valence-corrected chi connectivity index (χ4v) is 3.41. The van der Waals surface area contributed by atoms with E-state index in [0.717, 1.165) is 37.3 Å². The molecule has 1 amide bonds. The van der Waals surface area contributed by atoms with Gasteiger partial charge in [0.15, 0.2) is 0 Å². The van der Waals surface area contributed by atoms with Gasteiger partial charge in [-0.15, -0.1) is 0 Å². The van der Waals surface area contributed by atoms with Crippen molar-refractivity contribution in [2.24, 2.45) is 0 Å². The van der Waals surface area contributed by atoms with Crippen molar-refractivity contribution in [1.82, 2.24) is 24.6 Å². The van der Waals surface area contributed by atoms with E-state index in [1.54, 1.807) is 0 Å². The Morgan fingerprint density at radius 2 is 2.16 bits per heavy atom. The lowest BCUT2D eigenvalue weighted by molar-refractivity contribution is -0.132. The Hall–Kier alpha value is -2.21. The molecule has 3 rings (SSSR count). The number of hydrogen-bond acceptors (Lipinski definition) is 4. The average molecular weight is 341 g/mol. The fourth-order valence-electron chi connectivity index (χ4n) is 3.41. The number of carbonyl (C=O) groups excluding carboxylic acids is 1. The van der Waals surface area contributed by atoms with Crippen LogP contribution in [0.25, 0.3) is 0 Å². The summed E-state index contributed by atoms with van der Waals surface area (Å²) in [5, 5.41) is 4.35. The second kappa shape index (κ2) is 7.78. The first-order valence-electron chi connectivity index (χ1n) is 8.92. The Balaban J connectivity index is 1.62. The summed E-state index contributed by atoms with van der Waals surface area (Å²) < 4.78 is 1.84. The first-order valence-corrected chi connectivity index (χ1v) is 8.92. The van der Waals surface area contributed by atoms with E-state index in [2.05, 4.69) is 27.1 Å². The maximum Gasteiger partial charge on any atom is 0.224 e. The minimum atomic E-state index is 0.111. The van der Waals surface area contributed by atoms with Crippen LogP contribution in [0.5, 0.6) is 0 Å². The summed E-state index contributed by atoms with van der Waals surface area (Å²) in [5.74, 6) is 0.190. The molecule has 0 aliphatic carbocycles. The smallest absolute Gasteiger partial charge is 0.224 e. The van der Waals surface area contributed by atoms with Crippen LogP contribution in [0.15, 0.2) is 30.6 Å². The third-order valence-electron chi connectivity index (χ3n) is 4.59. The van der Waals surface area contributed by atoms with Crippen LogP contribution in [0.3, 0.4) is 0 Å². The van der Waals surface area contributed by atoms with Gasteiger partial charge in [-0.1, -0.05) is 6.07 Å². The summed E-state index contributed by atoms with van der Waals surface area (Å²) in [4.78, 5) is 21.4. The van der Waals surface area contributed by atoms with Gasteiger partial charge in [0, 0.05) is 38.4 Å². The van der Waals surface area contributed by atoms with Crippen LogP contribution < -0.4 is 0 Å². The number of rotatable bonds is 6. The van der Waals surface area contributed by atoms with Crippen molar-refractivity contribution >= 4 is 5.91 Å². The minimum absolute atomic E-state index is 0.111. The van der Waals surface area contributed by atoms with Crippen LogP contribution in [-0.2, 0) is 17.9 Å². The third-order valence-corrected chi connectivity index (χ3v) is 4.59. The first kappa shape index (κ1) is 17.6. The van der Waals surface area contributed by atoms with Crippen LogP contribution in [-0.4, -0.2) is 51.1 Å². The Morgan fingerprint density at radius 1 is 1.32 bits per heavy atom. The van der Waals surface area contributed by atoms with Gasteiger partial charge in [0.1, 0.15) is 0 Å². The van der Waals surface area contributed by atoms with Gasteiger partial charge in [-0.2, -0.15) is 5.10 Å². The first-order chi connectivity index (χ1) is 12.0. The molecule has 0 aromatic carbocycles. The summed E-state index contributed by atoms with van der Waals surface area (Å²) in [7, 11) is 4.10. The lowest BCUT2D eigenvalue weighted by Crippen LogP contribution is -2.31. The number of pyridine rings is 1. The summed E-state index contributed by atoms with van der Waals surface area (Å²) in [6.07, 6.45) is 6.37. The highest BCUT2D eigenvalue weighted by Gasteiger charge is 2.30. The van der Waals surface area contributed by atoms with Crippen molar-refractivity contribution < 1.29 is 4.79 Å². The summed E-state index contributed by atoms with van der Waals surface area (Å²) >= 11 is 0. The molecular weight excluding hydrogens is 314 g/mol. The molecule has 0 saturated carbocycles. The highest BCUT2D eigenvalue weighted by atomic mass is 16.2. The van der Waals surface area contributed by atoms with Gasteiger partial charge in [0.25, 0.3) is 0 Å². The minimum Gasteiger partial charge on any atom is -0.334 e. The Kier molecular flexibility index (Phi) is 5.48. The second-order valence-corrected chi connectivity index (χ2v) is 7.04. The number of carbonyl (C=O) groups is 1. The molecule has 6 heteroatoms. The molecule has 1 unspecified atom stereocenters. The van der Waals surface area contributed by atoms with Gasteiger partial charge >= 0.3 is 0 Å². The molecular formula is C19H27N5O. The molecule has 1 fully saturated rings. The molecule has 0 bridgehead atoms. The molecule has 134 valence electrons. The Bertz CT molecular complexity index is 707. The SMILES string of the molecule is Cc1ccn(CCC(=O)N2CCCC2c2ccc(CN(C)C)cn2)n1. The topological polar surface area (TPSA) is 54.3 Å². The van der Waals surface area contributed by atoms with Gasteiger partial charge in [-0.25, -0.2) is 0 Å². The standard InChI is InChI=1S/C19H27N5O/c1-15-8-11-23(21-15)12-9-19(25)24-10-4-5-18(24)17-7-6-16(13-20-17)14-22(2)3/h6-8,11,13,18H,4-5,9-10,12,14H2,1-3H3. The quantitative estimate of drug-likeness (QED) is 0.810. The van der Waals surface area contributed by atoms with Gasteiger partial charge in [-0.3, -0.25) is 14.5 Å². The van der Waals surface area contributed by atoms with Crippen LogP contribution in [0.1, 0.15) is 42.3 Å². The number of hydrogen-bond donors (Lipinski definition) is 0. The van der Waals surface area contributed by atoms with E-state index in [4.69, 9.17) is 0 Å². The lowest BCUT2D eigenvalue weighted by atomic mass is 10.1. The monoisotopic (exact) mass is 341 g/mol. The molecule has 2 aromatic heterocycles. The number of nitrogens with zero attached hydrogens (tertiary/aromatic N) is 5. The van der Waals surface area contributed by atoms with Gasteiger partial charge in [-0.05, 0) is 51.6 Å². The molecule has 6 nitrogen and oxygen atoms in total. The molecule has 1 atom stereocenters. The zero-order chi connectivity index (χ0) is 17.8. The molecule has 0 spiro atoms. The number of amides is 1. The molecule has 25 heavy (non-hydrogen) atoms. The molecule has 0 radical (unpaired) electrons. The van der Waals surface area contributed by atoms with Crippen molar-refractivity contribution in [3.63, 3.8) is 0 Å². The second-order valence-electron chi connectivity index (χ2n) is 7.04. The van der Waals surface area contributed by atoms with Crippen molar-refractivity contribution in [3.05, 3.63) is 47.5 Å². The largest absolute Gasteiger partial charge is 0.334 e. The molecule has 1 aliphatic heterocycles. The zero-order valence-electron chi connectivity index (χ0n) is 15.4. The fraction of sp³-hybridized carbons (Fsp3) is 0.526. The van der Waals surface area contributed by atoms with Crippen LogP contribution in [0.4, 0.5) is 0 Å². The Morgan fingerprint density at radius 3 is 2.80 bits per heavy atom. The van der Waals surface area contributed by atoms with E-state index in [-0.39, 0.29) is 11.9 Å². The number of aromatic nitrogens is 3. The van der Waals surface area contributed by atoms with E-state index in [0.29, 0.717) is 13.0 Å². The van der Waals surface area contributed by atoms with E-state index >= 15 is 0 Å². The Labute approximate surface area is 149 Å². The van der Waals surface area contributed by atoms with Crippen molar-refractivity contribution in [2.45, 2.75) is 45.3 Å². The molecule has 0 N–H and O–H groups in total. The highest BCUT2D eigenvalue weighted by Crippen LogP contribution is 2.31. The maximum absolute atomic E-state index is 12.7. The molecule has 2 aromatic rings. The highest BCUT2D eigenvalue weighted by molar-refractivity contribution is 5.76. The summed E-state index contributed by atoms with van der Waals surface area (Å²) in [6, 6.07) is 6.27. The van der Waals surface area contributed by atoms with Gasteiger partial charge in [0.05, 0.1) is 17.4 Å². The van der Waals surface area contributed by atoms with Gasteiger partial charge < -0.3 is 9.80 Å². The molecule has 1 aliphatic rings. The van der Waals surface area contributed by atoms with Crippen LogP contribution in [0.2, 0.25) is 0 Å². The number of aryl methyl sites for hydroxylation is 2. The lowest BCUT2D eigenvalue weighted by Gasteiger charge is -2.24. The van der Waals surface area contributed by atoms with E-state index in [9.17, 15) is 4.79 Å². The van der Waals surface area contributed by atoms with Crippen molar-refractivity contribution in [3.8, 4) is 0 Å². The summed E-state index contributed by atoms with van der Waals surface area (Å²) in [6.45, 7) is 4.29. The zero-order valence-corrected chi connectivity index (χ0v) is 15.4. The van der Waals surface area contributed by atoms with E-state index < -0.39 is 0 Å². The molecule has 1 saturated heterocycles. The normalized spacial score (nSPS) is 17.4. The van der Waals surface area contributed by atoms with Gasteiger partial charge in [0.2, 0.25) is 5.91 Å². The average Bonchev–Trinajstić information content (AvgIpc) is 3.22. The predicted molar refractivity (Wildman–Crippen MR) is 96.9 cm³/mol. The molecule has 3 heterocycles. The number of likely N-dealkylation sites (tertiary alicyclic amines) is 1. The van der Waals surface area contributed by atoms with Crippen LogP contribution in [0, 0.1) is 6.92 Å². The van der Waals surface area contributed by atoms with Crippen molar-refractivity contribution in [1.29, 1.82) is 0 Å².